The number of nitrogens with zero attached hydrogens (tertiary/aromatic N) is 3. The van der Waals surface area contributed by atoms with Crippen LogP contribution in [0.4, 0.5) is 17.2 Å². The van der Waals surface area contributed by atoms with Gasteiger partial charge in [0.25, 0.3) is 11.6 Å². The van der Waals surface area contributed by atoms with E-state index in [1.165, 1.54) is 28.9 Å². The number of carbonyl (C=O) groups excluding carboxylic acids is 1. The zero-order valence-electron chi connectivity index (χ0n) is 14.5. The molecule has 1 amide bonds. The summed E-state index contributed by atoms with van der Waals surface area (Å²) in [5.41, 5.74) is 5.42. The lowest BCUT2D eigenvalue weighted by atomic mass is 9.87. The second-order valence-electron chi connectivity index (χ2n) is 6.39. The fraction of sp³-hybridized carbons (Fsp3) is 0.111. The van der Waals surface area contributed by atoms with Gasteiger partial charge in [-0.2, -0.15) is 5.10 Å². The first-order chi connectivity index (χ1) is 13.2. The number of nitrogens with one attached hydrogen (secondary N) is 1. The van der Waals surface area contributed by atoms with Gasteiger partial charge in [-0.3, -0.25) is 14.9 Å². The maximum Gasteiger partial charge on any atom is 0.271 e. The van der Waals surface area contributed by atoms with Gasteiger partial charge in [0.1, 0.15) is 5.82 Å². The molecule has 1 atom stereocenters. The van der Waals surface area contributed by atoms with Crippen LogP contribution in [0.2, 0.25) is 5.02 Å². The normalized spacial score (nSPS) is 18.0. The summed E-state index contributed by atoms with van der Waals surface area (Å²) in [7, 11) is 0. The molecule has 0 saturated carbocycles. The minimum atomic E-state index is -2.09. The summed E-state index contributed by atoms with van der Waals surface area (Å²) in [4.78, 5) is 23.2. The third-order valence-electron chi connectivity index (χ3n) is 4.69. The van der Waals surface area contributed by atoms with E-state index in [1.54, 1.807) is 25.1 Å². The molecule has 0 saturated heterocycles. The second kappa shape index (κ2) is 6.04. The van der Waals surface area contributed by atoms with Crippen LogP contribution in [-0.4, -0.2) is 25.7 Å². The van der Waals surface area contributed by atoms with Crippen LogP contribution in [-0.2, 0) is 10.4 Å². The number of aliphatic hydroxyl groups is 1. The van der Waals surface area contributed by atoms with Crippen molar-refractivity contribution in [3.63, 3.8) is 0 Å². The highest BCUT2D eigenvalue weighted by molar-refractivity contribution is 6.31. The topological polar surface area (TPSA) is 136 Å². The number of aromatic nitrogens is 2. The molecule has 2 aromatic carbocycles. The molecule has 0 radical (unpaired) electrons. The molecule has 1 aliphatic rings. The van der Waals surface area contributed by atoms with E-state index < -0.39 is 16.4 Å². The zero-order valence-corrected chi connectivity index (χ0v) is 15.3. The molecule has 1 aromatic heterocycles. The van der Waals surface area contributed by atoms with Crippen LogP contribution in [0.25, 0.3) is 5.69 Å². The number of nitro groups is 1. The molecular formula is C18H14ClN5O4. The molecule has 0 fully saturated rings. The maximum absolute atomic E-state index is 12.7. The Labute approximate surface area is 163 Å². The van der Waals surface area contributed by atoms with Crippen LogP contribution >= 0.6 is 11.6 Å². The van der Waals surface area contributed by atoms with E-state index in [0.29, 0.717) is 22.1 Å². The van der Waals surface area contributed by atoms with E-state index in [9.17, 15) is 20.0 Å². The molecule has 0 spiro atoms. The molecule has 1 aliphatic heterocycles. The number of nitrogens with two attached hydrogens (primary N) is 1. The molecule has 10 heteroatoms. The van der Waals surface area contributed by atoms with E-state index >= 15 is 0 Å². The number of hydrogen-bond donors (Lipinski definition) is 3. The van der Waals surface area contributed by atoms with Gasteiger partial charge in [0.15, 0.2) is 0 Å². The van der Waals surface area contributed by atoms with Crippen LogP contribution in [0.15, 0.2) is 42.5 Å². The molecule has 2 heterocycles. The first-order valence-corrected chi connectivity index (χ1v) is 8.55. The van der Waals surface area contributed by atoms with E-state index in [2.05, 4.69) is 10.4 Å². The summed E-state index contributed by atoms with van der Waals surface area (Å²) < 4.78 is 1.26. The average molecular weight is 400 g/mol. The molecule has 28 heavy (non-hydrogen) atoms. The maximum atomic E-state index is 12.7. The monoisotopic (exact) mass is 399 g/mol. The number of carbonyl (C=O) groups is 1. The molecule has 0 aliphatic carbocycles. The summed E-state index contributed by atoms with van der Waals surface area (Å²) in [5.74, 6) is -0.693. The van der Waals surface area contributed by atoms with Gasteiger partial charge in [-0.05, 0) is 31.2 Å². The number of anilines is 2. The van der Waals surface area contributed by atoms with E-state index in [4.69, 9.17) is 17.3 Å². The number of amides is 1. The number of hydrogen-bond acceptors (Lipinski definition) is 6. The Morgan fingerprint density at radius 3 is 2.79 bits per heavy atom. The number of rotatable bonds is 3. The van der Waals surface area contributed by atoms with Crippen molar-refractivity contribution in [1.82, 2.24) is 9.78 Å². The number of non-ortho nitro benzene ring substituents is 1. The molecule has 4 rings (SSSR count). The smallest absolute Gasteiger partial charge is 0.271 e. The van der Waals surface area contributed by atoms with Gasteiger partial charge in [-0.25, -0.2) is 4.68 Å². The Morgan fingerprint density at radius 1 is 1.32 bits per heavy atom. The quantitative estimate of drug-likeness (QED) is 0.457. The third-order valence-corrected chi connectivity index (χ3v) is 4.93. The second-order valence-corrected chi connectivity index (χ2v) is 6.83. The molecule has 0 bridgehead atoms. The molecule has 4 N–H and O–H groups in total. The van der Waals surface area contributed by atoms with E-state index in [1.807, 2.05) is 0 Å². The predicted octanol–water partition coefficient (Wildman–Crippen LogP) is 2.51. The van der Waals surface area contributed by atoms with Gasteiger partial charge in [0, 0.05) is 28.4 Å². The number of aryl methyl sites for hydroxylation is 1. The molecule has 1 unspecified atom stereocenters. The van der Waals surface area contributed by atoms with Crippen LogP contribution in [0.3, 0.4) is 0 Å². The minimum Gasteiger partial charge on any atom is -0.383 e. The Hall–Kier alpha value is -3.43. The average Bonchev–Trinajstić information content (AvgIpc) is 3.09. The zero-order chi connectivity index (χ0) is 20.2. The van der Waals surface area contributed by atoms with Crippen LogP contribution < -0.4 is 11.1 Å². The van der Waals surface area contributed by atoms with Crippen molar-refractivity contribution in [1.29, 1.82) is 0 Å². The third kappa shape index (κ3) is 2.44. The first-order valence-electron chi connectivity index (χ1n) is 8.17. The Kier molecular flexibility index (Phi) is 3.88. The standard InChI is InChI=1S/C18H14ClN5O4/c1-9-15(18(26)13-7-10(19)5-6-14(13)21-17(18)25)16(20)23(22-9)11-3-2-4-12(8-11)24(27)28/h2-8,26H,20H2,1H3,(H,21,25). The van der Waals surface area contributed by atoms with Gasteiger partial charge in [-0.15, -0.1) is 0 Å². The lowest BCUT2D eigenvalue weighted by molar-refractivity contribution is -0.384. The fourth-order valence-electron chi connectivity index (χ4n) is 3.44. The Morgan fingerprint density at radius 2 is 2.07 bits per heavy atom. The summed E-state index contributed by atoms with van der Waals surface area (Å²) in [6.07, 6.45) is 0. The van der Waals surface area contributed by atoms with Crippen molar-refractivity contribution in [2.24, 2.45) is 0 Å². The van der Waals surface area contributed by atoms with Crippen LogP contribution in [0, 0.1) is 17.0 Å². The summed E-state index contributed by atoms with van der Waals surface area (Å²) in [6, 6.07) is 10.4. The lowest BCUT2D eigenvalue weighted by Crippen LogP contribution is -2.36. The Bertz CT molecular complexity index is 1160. The molecule has 9 nitrogen and oxygen atoms in total. The summed E-state index contributed by atoms with van der Waals surface area (Å²) in [6.45, 7) is 1.59. The molecule has 142 valence electrons. The minimum absolute atomic E-state index is 0.0107. The number of nitro benzene ring substituents is 1. The predicted molar refractivity (Wildman–Crippen MR) is 102 cm³/mol. The number of nitrogen functional groups attached to an aromatic ring is 1. The van der Waals surface area contributed by atoms with Crippen molar-refractivity contribution in [2.45, 2.75) is 12.5 Å². The molecule has 3 aromatic rings. The lowest BCUT2D eigenvalue weighted by Gasteiger charge is -2.21. The van der Waals surface area contributed by atoms with E-state index in [-0.39, 0.29) is 22.6 Å². The van der Waals surface area contributed by atoms with Crippen LogP contribution in [0.5, 0.6) is 0 Å². The van der Waals surface area contributed by atoms with Gasteiger partial charge in [0.2, 0.25) is 5.60 Å². The number of halogens is 1. The molecular weight excluding hydrogens is 386 g/mol. The first kappa shape index (κ1) is 18.0. The van der Waals surface area contributed by atoms with Crippen molar-refractivity contribution < 1.29 is 14.8 Å². The summed E-state index contributed by atoms with van der Waals surface area (Å²) >= 11 is 6.05. The summed E-state index contributed by atoms with van der Waals surface area (Å²) in [5, 5.41) is 29.7. The van der Waals surface area contributed by atoms with Crippen molar-refractivity contribution in [3.8, 4) is 5.69 Å². The van der Waals surface area contributed by atoms with E-state index in [0.717, 1.165) is 0 Å². The van der Waals surface area contributed by atoms with Crippen molar-refractivity contribution >= 4 is 34.7 Å². The largest absolute Gasteiger partial charge is 0.383 e. The van der Waals surface area contributed by atoms with Gasteiger partial charge in [-0.1, -0.05) is 17.7 Å². The van der Waals surface area contributed by atoms with Gasteiger partial charge < -0.3 is 16.2 Å². The van der Waals surface area contributed by atoms with Crippen molar-refractivity contribution in [2.75, 3.05) is 11.1 Å². The number of benzene rings is 2. The van der Waals surface area contributed by atoms with Crippen molar-refractivity contribution in [3.05, 3.63) is 74.4 Å². The Balaban J connectivity index is 1.92. The SMILES string of the molecule is Cc1nn(-c2cccc([N+](=O)[O-])c2)c(N)c1C1(O)C(=O)Nc2ccc(Cl)cc21. The fourth-order valence-corrected chi connectivity index (χ4v) is 3.61. The highest BCUT2D eigenvalue weighted by Crippen LogP contribution is 2.45. The van der Waals surface area contributed by atoms with Crippen LogP contribution in [0.1, 0.15) is 16.8 Å². The van der Waals surface area contributed by atoms with Gasteiger partial charge in [0.05, 0.1) is 21.9 Å². The highest BCUT2D eigenvalue weighted by atomic mass is 35.5. The number of fused-ring (bicyclic) bond motifs is 1. The van der Waals surface area contributed by atoms with Gasteiger partial charge >= 0.3 is 0 Å². The highest BCUT2D eigenvalue weighted by Gasteiger charge is 2.50.